The predicted octanol–water partition coefficient (Wildman–Crippen LogP) is -8.39. The molecule has 5 N–H and O–H groups in total. The maximum absolute atomic E-state index is 11.5. The van der Waals surface area contributed by atoms with Gasteiger partial charge in [0.2, 0.25) is 10.4 Å². The Morgan fingerprint density at radius 3 is 1.18 bits per heavy atom. The van der Waals surface area contributed by atoms with E-state index < -0.39 is 31.5 Å². The van der Waals surface area contributed by atoms with E-state index in [1.807, 2.05) is 67.8 Å². The van der Waals surface area contributed by atoms with Gasteiger partial charge in [-0.25, -0.2) is 8.42 Å². The zero-order valence-electron chi connectivity index (χ0n) is 21.8. The molecule has 0 heterocycles. The van der Waals surface area contributed by atoms with Crippen molar-refractivity contribution in [2.45, 2.75) is 27.7 Å². The molecular formula is C20H20I4K2N2O11S. The summed E-state index contributed by atoms with van der Waals surface area (Å²) >= 11 is 2.11. The third-order valence-corrected chi connectivity index (χ3v) is 7.14. The van der Waals surface area contributed by atoms with Crippen LogP contribution in [0.3, 0.4) is 0 Å². The molecule has 0 aromatic heterocycles. The van der Waals surface area contributed by atoms with Gasteiger partial charge in [0.25, 0.3) is 21.1 Å². The summed E-state index contributed by atoms with van der Waals surface area (Å²) in [7, 11) is -4.92. The van der Waals surface area contributed by atoms with Crippen LogP contribution < -0.4 is 146 Å². The Morgan fingerprint density at radius 2 is 0.975 bits per heavy atom. The summed E-state index contributed by atoms with van der Waals surface area (Å²) in [5, 5.41) is 0. The van der Waals surface area contributed by atoms with E-state index in [-0.39, 0.29) is 126 Å². The van der Waals surface area contributed by atoms with Crippen molar-refractivity contribution in [3.8, 4) is 0 Å². The van der Waals surface area contributed by atoms with E-state index >= 15 is 0 Å². The van der Waals surface area contributed by atoms with Crippen molar-refractivity contribution >= 4 is 113 Å². The van der Waals surface area contributed by atoms with Gasteiger partial charge in [-0.2, -0.15) is 0 Å². The zero-order chi connectivity index (χ0) is 30.7. The van der Waals surface area contributed by atoms with Gasteiger partial charge in [0, 0.05) is 38.7 Å². The van der Waals surface area contributed by atoms with E-state index in [4.69, 9.17) is 39.3 Å². The Balaban J connectivity index is -0.000000242. The zero-order valence-corrected chi connectivity index (χ0v) is 37.5. The molecule has 0 aliphatic carbocycles. The normalized spacial score (nSPS) is 9.62. The summed E-state index contributed by atoms with van der Waals surface area (Å²) < 4.78 is 60.7. The molecule has 0 radical (unpaired) electrons. The van der Waals surface area contributed by atoms with Crippen LogP contribution in [0.2, 0.25) is 0 Å². The van der Waals surface area contributed by atoms with Gasteiger partial charge in [-0.3, -0.25) is 23.7 Å². The van der Waals surface area contributed by atoms with Crippen LogP contribution >= 0.6 is 67.8 Å². The van der Waals surface area contributed by atoms with Gasteiger partial charge >= 0.3 is 103 Å². The summed E-state index contributed by atoms with van der Waals surface area (Å²) in [6.07, 6.45) is 0. The maximum atomic E-state index is 11.5. The molecule has 20 heteroatoms. The number of anilines is 2. The van der Waals surface area contributed by atoms with Crippen LogP contribution in [0.25, 0.3) is 0 Å². The first kappa shape index (κ1) is 49.5. The number of nitrogen functional groups attached to an aromatic ring is 2. The Hall–Kier alpha value is 2.66. The van der Waals surface area contributed by atoms with Gasteiger partial charge < -0.3 is 26.3 Å². The number of Topliss-reactive ketones (excluding diaryl/α,β-unsaturated/α-hetero) is 4. The van der Waals surface area contributed by atoms with E-state index in [1.165, 1.54) is 27.7 Å². The summed E-state index contributed by atoms with van der Waals surface area (Å²) in [6.45, 7) is 5.85. The minimum atomic E-state index is -4.92. The second kappa shape index (κ2) is 23.9. The van der Waals surface area contributed by atoms with Crippen molar-refractivity contribution in [2.75, 3.05) is 11.5 Å². The molecule has 2 aromatic carbocycles. The number of hydrogen-bond donors (Lipinski definition) is 3. The number of benzene rings is 2. The van der Waals surface area contributed by atoms with Gasteiger partial charge in [0.1, 0.15) is 0 Å². The van der Waals surface area contributed by atoms with E-state index in [2.05, 4.69) is 0 Å². The van der Waals surface area contributed by atoms with Crippen molar-refractivity contribution in [3.05, 3.63) is 51.2 Å². The van der Waals surface area contributed by atoms with Crippen molar-refractivity contribution < 1.29 is 171 Å². The van der Waals surface area contributed by atoms with Crippen LogP contribution in [0.5, 0.6) is 0 Å². The largest absolute Gasteiger partial charge is 1.00 e. The molecule has 0 aliphatic heterocycles. The third kappa shape index (κ3) is 21.4. The van der Waals surface area contributed by atoms with Crippen LogP contribution in [0.4, 0.5) is 11.4 Å². The SMILES string of the molecule is CC(=O)c1c(I)c(N)c(I)c(C(C)=O)c1I.CC(=O)c1cc(N)cc(C(C)=O)c1.O=S(=O)([O-])O.[K+].[K+].[O-][I+2]([O-])[O-]. The molecule has 0 amide bonds. The molecule has 0 spiro atoms. The molecule has 212 valence electrons. The Bertz CT molecular complexity index is 1240. The standard InChI is InChI=1S/C10H8I3NO2.C10H11NO2.IO3.2K.H2O4S/c1-3(15)5-7(11)6(4(2)16)9(13)10(14)8(5)12;1-6(12)8-3-9(7(2)13)5-10(11)4-8;2-1(3)4;;;1-5(2,3)4/h14H2,1-2H3;3-5H,11H2,1-2H3;;;;(H2,1,2,3,4)/q;;-1;2*+1;/p-1. The number of nitrogens with two attached hydrogens (primary N) is 2. The number of rotatable bonds is 4. The fourth-order valence-corrected chi connectivity index (χ4v) is 7.05. The van der Waals surface area contributed by atoms with Crippen molar-refractivity contribution in [1.29, 1.82) is 0 Å². The third-order valence-electron chi connectivity index (χ3n) is 3.82. The molecule has 0 aliphatic rings. The second-order valence-electron chi connectivity index (χ2n) is 6.79. The first-order chi connectivity index (χ1) is 17.0. The summed E-state index contributed by atoms with van der Waals surface area (Å²) in [4.78, 5) is 45.1. The topological polar surface area (TPSA) is 267 Å². The van der Waals surface area contributed by atoms with E-state index in [9.17, 15) is 19.2 Å². The predicted molar refractivity (Wildman–Crippen MR) is 152 cm³/mol. The van der Waals surface area contributed by atoms with Gasteiger partial charge in [-0.05, 0) is 114 Å². The molecule has 2 rings (SSSR count). The summed E-state index contributed by atoms with van der Waals surface area (Å²) in [6, 6.07) is 4.69. The van der Waals surface area contributed by atoms with E-state index in [1.54, 1.807) is 18.2 Å². The smallest absolute Gasteiger partial charge is 0.726 e. The quantitative estimate of drug-likeness (QED) is 0.0643. The van der Waals surface area contributed by atoms with Gasteiger partial charge in [-0.1, -0.05) is 0 Å². The minimum Gasteiger partial charge on any atom is -0.726 e. The Kier molecular flexibility index (Phi) is 29.6. The molecule has 0 fully saturated rings. The van der Waals surface area contributed by atoms with E-state index in [0.29, 0.717) is 37.2 Å². The van der Waals surface area contributed by atoms with Crippen LogP contribution in [0.1, 0.15) is 69.1 Å². The van der Waals surface area contributed by atoms with Crippen LogP contribution in [-0.2, 0) is 10.4 Å². The summed E-state index contributed by atoms with van der Waals surface area (Å²) in [5.41, 5.74) is 14.4. The van der Waals surface area contributed by atoms with E-state index in [0.717, 1.165) is 7.14 Å². The molecule has 40 heavy (non-hydrogen) atoms. The molecule has 13 nitrogen and oxygen atoms in total. The van der Waals surface area contributed by atoms with Crippen molar-refractivity contribution in [2.24, 2.45) is 0 Å². The fourth-order valence-electron chi connectivity index (χ4n) is 2.36. The average molecular weight is 1080 g/mol. The number of carbonyl (C=O) groups is 4. The Morgan fingerprint density at radius 1 is 0.725 bits per heavy atom. The average Bonchev–Trinajstić information content (AvgIpc) is 2.70. The van der Waals surface area contributed by atoms with Crippen molar-refractivity contribution in [1.82, 2.24) is 0 Å². The van der Waals surface area contributed by atoms with Crippen molar-refractivity contribution in [3.63, 3.8) is 0 Å². The number of hydrogen-bond acceptors (Lipinski definition) is 12. The molecule has 0 saturated carbocycles. The van der Waals surface area contributed by atoms with Crippen LogP contribution in [0.15, 0.2) is 18.2 Å². The second-order valence-corrected chi connectivity index (χ2v) is 12.0. The van der Waals surface area contributed by atoms with Crippen LogP contribution in [-0.4, -0.2) is 40.7 Å². The molecular weight excluding hydrogens is 1060 g/mol. The molecule has 2 aromatic rings. The fraction of sp³-hybridized carbons (Fsp3) is 0.200. The monoisotopic (exact) mass is 1080 g/mol. The molecule has 0 bridgehead atoms. The maximum Gasteiger partial charge on any atom is 1.00 e. The Labute approximate surface area is 366 Å². The first-order valence-electron chi connectivity index (χ1n) is 9.34. The molecule has 0 unspecified atom stereocenters. The minimum absolute atomic E-state index is 0. The number of carbonyl (C=O) groups excluding carboxylic acids is 4. The van der Waals surface area contributed by atoms with Gasteiger partial charge in [-0.15, -0.1) is 0 Å². The van der Waals surface area contributed by atoms with Gasteiger partial charge in [0.05, 0.1) is 5.69 Å². The number of halogens is 4. The van der Waals surface area contributed by atoms with Crippen LogP contribution in [0, 0.1) is 10.7 Å². The summed E-state index contributed by atoms with van der Waals surface area (Å²) in [5.74, 6) is -0.316. The molecule has 0 atom stereocenters. The van der Waals surface area contributed by atoms with Gasteiger partial charge in [0.15, 0.2) is 23.1 Å². The molecule has 0 saturated heterocycles. The first-order valence-corrected chi connectivity index (χ1v) is 16.6. The number of ketones is 4.